The molecular weight excluding hydrogens is 358 g/mol. The van der Waals surface area contributed by atoms with E-state index in [1.165, 1.54) is 0 Å². The predicted octanol–water partition coefficient (Wildman–Crippen LogP) is 3.04. The van der Waals surface area contributed by atoms with Gasteiger partial charge in [0.25, 0.3) is 0 Å². The molecule has 7 nitrogen and oxygen atoms in total. The number of hydrogen-bond acceptors (Lipinski definition) is 7. The standard InChI is InChI=1S/C16H17N5O2S2/c17-14(22)5-6-21-15(10-3-4-10)18-19-16(21)25-9-11-8-12(23-20-11)13-2-1-7-24-13/h1-2,7-8,10H,3-6,9H2,(H2,17,22). The molecule has 25 heavy (non-hydrogen) atoms. The summed E-state index contributed by atoms with van der Waals surface area (Å²) in [5.74, 6) is 2.52. The van der Waals surface area contributed by atoms with E-state index >= 15 is 0 Å². The van der Waals surface area contributed by atoms with Crippen LogP contribution in [0.25, 0.3) is 10.6 Å². The Morgan fingerprint density at radius 3 is 3.04 bits per heavy atom. The van der Waals surface area contributed by atoms with Crippen molar-refractivity contribution in [3.05, 3.63) is 35.1 Å². The van der Waals surface area contributed by atoms with Crippen molar-refractivity contribution in [1.82, 2.24) is 19.9 Å². The van der Waals surface area contributed by atoms with Crippen molar-refractivity contribution in [2.45, 2.75) is 42.6 Å². The van der Waals surface area contributed by atoms with Crippen LogP contribution in [0.1, 0.15) is 36.7 Å². The van der Waals surface area contributed by atoms with Crippen molar-refractivity contribution in [2.75, 3.05) is 0 Å². The van der Waals surface area contributed by atoms with Gasteiger partial charge in [0.05, 0.1) is 10.6 Å². The Balaban J connectivity index is 1.46. The van der Waals surface area contributed by atoms with E-state index in [1.807, 2.05) is 28.1 Å². The van der Waals surface area contributed by atoms with Crippen molar-refractivity contribution in [3.63, 3.8) is 0 Å². The molecule has 3 aromatic rings. The number of carbonyl (C=O) groups is 1. The quantitative estimate of drug-likeness (QED) is 0.608. The van der Waals surface area contributed by atoms with Gasteiger partial charge >= 0.3 is 0 Å². The molecule has 9 heteroatoms. The molecule has 1 aliphatic rings. The number of carbonyl (C=O) groups excluding carboxylic acids is 1. The smallest absolute Gasteiger partial charge is 0.219 e. The zero-order valence-corrected chi connectivity index (χ0v) is 15.1. The second-order valence-electron chi connectivity index (χ2n) is 5.93. The summed E-state index contributed by atoms with van der Waals surface area (Å²) in [6, 6.07) is 5.94. The van der Waals surface area contributed by atoms with Crippen LogP contribution in [-0.2, 0) is 17.1 Å². The summed E-state index contributed by atoms with van der Waals surface area (Å²) in [6.07, 6.45) is 2.55. The van der Waals surface area contributed by atoms with Gasteiger partial charge in [-0.05, 0) is 24.3 Å². The maximum atomic E-state index is 11.1. The van der Waals surface area contributed by atoms with E-state index < -0.39 is 0 Å². The van der Waals surface area contributed by atoms with Crippen LogP contribution in [0.3, 0.4) is 0 Å². The topological polar surface area (TPSA) is 99.8 Å². The molecule has 0 aromatic carbocycles. The average Bonchev–Trinajstić information content (AvgIpc) is 3.04. The number of thiophene rings is 1. The number of amides is 1. The summed E-state index contributed by atoms with van der Waals surface area (Å²) in [7, 11) is 0. The van der Waals surface area contributed by atoms with Crippen LogP contribution in [-0.4, -0.2) is 25.8 Å². The Morgan fingerprint density at radius 2 is 2.32 bits per heavy atom. The van der Waals surface area contributed by atoms with Gasteiger partial charge in [0.1, 0.15) is 5.82 Å². The fourth-order valence-electron chi connectivity index (χ4n) is 2.54. The van der Waals surface area contributed by atoms with Crippen LogP contribution in [0, 0.1) is 0 Å². The van der Waals surface area contributed by atoms with E-state index in [1.54, 1.807) is 23.1 Å². The van der Waals surface area contributed by atoms with E-state index in [9.17, 15) is 4.79 Å². The first kappa shape index (κ1) is 16.3. The minimum absolute atomic E-state index is 0.289. The maximum Gasteiger partial charge on any atom is 0.219 e. The van der Waals surface area contributed by atoms with Crippen LogP contribution >= 0.6 is 23.1 Å². The van der Waals surface area contributed by atoms with Crippen LogP contribution in [0.5, 0.6) is 0 Å². The number of primary amides is 1. The summed E-state index contributed by atoms with van der Waals surface area (Å²) in [5, 5.41) is 15.5. The Kier molecular flexibility index (Phi) is 4.58. The molecular formula is C16H17N5O2S2. The number of rotatable bonds is 8. The van der Waals surface area contributed by atoms with E-state index in [-0.39, 0.29) is 12.3 Å². The minimum Gasteiger partial charge on any atom is -0.370 e. The minimum atomic E-state index is -0.316. The molecule has 3 aromatic heterocycles. The lowest BCUT2D eigenvalue weighted by Crippen LogP contribution is -2.15. The molecule has 1 fully saturated rings. The van der Waals surface area contributed by atoms with Crippen LogP contribution in [0.4, 0.5) is 0 Å². The van der Waals surface area contributed by atoms with Gasteiger partial charge in [-0.25, -0.2) is 0 Å². The lowest BCUT2D eigenvalue weighted by molar-refractivity contribution is -0.118. The fraction of sp³-hybridized carbons (Fsp3) is 0.375. The van der Waals surface area contributed by atoms with Gasteiger partial charge in [-0.2, -0.15) is 0 Å². The molecule has 1 amide bonds. The second-order valence-corrected chi connectivity index (χ2v) is 7.82. The lowest BCUT2D eigenvalue weighted by Gasteiger charge is -2.07. The highest BCUT2D eigenvalue weighted by atomic mass is 32.2. The van der Waals surface area contributed by atoms with Crippen molar-refractivity contribution < 1.29 is 9.32 Å². The third-order valence-electron chi connectivity index (χ3n) is 3.94. The first-order valence-electron chi connectivity index (χ1n) is 8.04. The largest absolute Gasteiger partial charge is 0.370 e. The number of nitrogens with zero attached hydrogens (tertiary/aromatic N) is 4. The summed E-state index contributed by atoms with van der Waals surface area (Å²) < 4.78 is 7.42. The maximum absolute atomic E-state index is 11.1. The van der Waals surface area contributed by atoms with Crippen LogP contribution in [0.2, 0.25) is 0 Å². The number of nitrogens with two attached hydrogens (primary N) is 1. The van der Waals surface area contributed by atoms with Gasteiger partial charge in [-0.15, -0.1) is 21.5 Å². The molecule has 1 saturated carbocycles. The Bertz CT molecular complexity index is 867. The molecule has 0 atom stereocenters. The normalized spacial score (nSPS) is 14.1. The van der Waals surface area contributed by atoms with Gasteiger partial charge in [0, 0.05) is 30.7 Å². The van der Waals surface area contributed by atoms with Gasteiger partial charge in [0.15, 0.2) is 10.9 Å². The third kappa shape index (κ3) is 3.77. The zero-order valence-electron chi connectivity index (χ0n) is 13.4. The highest BCUT2D eigenvalue weighted by Crippen LogP contribution is 2.40. The van der Waals surface area contributed by atoms with E-state index in [4.69, 9.17) is 10.3 Å². The fourth-order valence-corrected chi connectivity index (χ4v) is 4.06. The molecule has 0 aliphatic heterocycles. The number of aromatic nitrogens is 4. The summed E-state index contributed by atoms with van der Waals surface area (Å²) in [4.78, 5) is 12.2. The predicted molar refractivity (Wildman–Crippen MR) is 95.2 cm³/mol. The molecule has 4 rings (SSSR count). The van der Waals surface area contributed by atoms with Crippen molar-refractivity contribution in [1.29, 1.82) is 0 Å². The molecule has 0 radical (unpaired) electrons. The molecule has 2 N–H and O–H groups in total. The zero-order chi connectivity index (χ0) is 17.2. The van der Waals surface area contributed by atoms with E-state index in [2.05, 4.69) is 15.4 Å². The van der Waals surface area contributed by atoms with Crippen molar-refractivity contribution >= 4 is 29.0 Å². The van der Waals surface area contributed by atoms with Crippen molar-refractivity contribution in [2.24, 2.45) is 5.73 Å². The van der Waals surface area contributed by atoms with Crippen LogP contribution in [0.15, 0.2) is 33.3 Å². The van der Waals surface area contributed by atoms with Gasteiger partial charge in [0.2, 0.25) is 5.91 Å². The second kappa shape index (κ2) is 7.01. The number of hydrogen-bond donors (Lipinski definition) is 1. The molecule has 1 aliphatic carbocycles. The third-order valence-corrected chi connectivity index (χ3v) is 5.83. The van der Waals surface area contributed by atoms with E-state index in [0.717, 1.165) is 40.2 Å². The van der Waals surface area contributed by atoms with E-state index in [0.29, 0.717) is 18.2 Å². The first-order chi connectivity index (χ1) is 12.2. The Morgan fingerprint density at radius 1 is 1.44 bits per heavy atom. The van der Waals surface area contributed by atoms with Crippen molar-refractivity contribution in [3.8, 4) is 10.6 Å². The Hall–Kier alpha value is -2.13. The summed E-state index contributed by atoms with van der Waals surface area (Å²) in [6.45, 7) is 0.524. The first-order valence-corrected chi connectivity index (χ1v) is 9.91. The summed E-state index contributed by atoms with van der Waals surface area (Å²) >= 11 is 3.16. The molecule has 130 valence electrons. The molecule has 0 bridgehead atoms. The molecule has 0 unspecified atom stereocenters. The Labute approximate surface area is 152 Å². The molecule has 0 spiro atoms. The van der Waals surface area contributed by atoms with Gasteiger partial charge < -0.3 is 14.8 Å². The average molecular weight is 375 g/mol. The SMILES string of the molecule is NC(=O)CCn1c(SCc2cc(-c3cccs3)on2)nnc1C1CC1. The van der Waals surface area contributed by atoms with Crippen LogP contribution < -0.4 is 5.73 Å². The molecule has 3 heterocycles. The highest BCUT2D eigenvalue weighted by molar-refractivity contribution is 7.98. The van der Waals surface area contributed by atoms with Gasteiger partial charge in [-0.3, -0.25) is 4.79 Å². The molecule has 0 saturated heterocycles. The lowest BCUT2D eigenvalue weighted by atomic mass is 10.3. The highest BCUT2D eigenvalue weighted by Gasteiger charge is 2.30. The number of thioether (sulfide) groups is 1. The van der Waals surface area contributed by atoms with Gasteiger partial charge in [-0.1, -0.05) is 23.0 Å². The summed E-state index contributed by atoms with van der Waals surface area (Å²) in [5.41, 5.74) is 6.15. The monoisotopic (exact) mass is 375 g/mol.